The van der Waals surface area contributed by atoms with Crippen LogP contribution in [0.5, 0.6) is 0 Å². The highest BCUT2D eigenvalue weighted by molar-refractivity contribution is 9.09. The molecule has 1 aromatic carbocycles. The molecule has 0 amide bonds. The van der Waals surface area contributed by atoms with Gasteiger partial charge in [-0.25, -0.2) is 0 Å². The van der Waals surface area contributed by atoms with Crippen molar-refractivity contribution in [1.82, 2.24) is 5.32 Å². The Kier molecular flexibility index (Phi) is 5.09. The summed E-state index contributed by atoms with van der Waals surface area (Å²) in [6, 6.07) is 10.5. The van der Waals surface area contributed by atoms with Crippen molar-refractivity contribution in [2.45, 2.75) is 18.2 Å². The Balaban J connectivity index is 2.35. The monoisotopic (exact) mass is 241 g/mol. The van der Waals surface area contributed by atoms with Gasteiger partial charge in [0.1, 0.15) is 0 Å². The molecule has 1 rings (SSSR count). The maximum absolute atomic E-state index is 3.65. The number of hydrogen-bond acceptors (Lipinski definition) is 1. The van der Waals surface area contributed by atoms with Crippen LogP contribution in [-0.2, 0) is 0 Å². The molecule has 0 aromatic heterocycles. The zero-order valence-corrected chi connectivity index (χ0v) is 9.55. The number of nitrogens with one attached hydrogen (secondary N) is 1. The molecule has 0 fully saturated rings. The smallest absolute Gasteiger partial charge is 0.0519 e. The third-order valence-electron chi connectivity index (χ3n) is 1.91. The predicted molar refractivity (Wildman–Crippen MR) is 61.3 cm³/mol. The lowest BCUT2D eigenvalue weighted by atomic mass is 10.1. The summed E-state index contributed by atoms with van der Waals surface area (Å²) in [5.74, 6) is 0. The summed E-state index contributed by atoms with van der Waals surface area (Å²) >= 11 is 3.65. The van der Waals surface area contributed by atoms with Crippen molar-refractivity contribution < 1.29 is 0 Å². The molecule has 0 aliphatic heterocycles. The average molecular weight is 242 g/mol. The third-order valence-corrected chi connectivity index (χ3v) is 2.76. The van der Waals surface area contributed by atoms with Crippen LogP contribution in [0.1, 0.15) is 23.7 Å². The van der Waals surface area contributed by atoms with Gasteiger partial charge in [0, 0.05) is 6.54 Å². The molecule has 1 atom stereocenters. The predicted octanol–water partition coefficient (Wildman–Crippen LogP) is 3.12. The number of benzene rings is 1. The van der Waals surface area contributed by atoms with E-state index in [-0.39, 0.29) is 0 Å². The Bertz CT molecular complexity index is 223. The van der Waals surface area contributed by atoms with Gasteiger partial charge in [0.25, 0.3) is 0 Å². The van der Waals surface area contributed by atoms with Crippen LogP contribution < -0.4 is 5.32 Å². The van der Waals surface area contributed by atoms with E-state index in [9.17, 15) is 0 Å². The molecule has 13 heavy (non-hydrogen) atoms. The summed E-state index contributed by atoms with van der Waals surface area (Å²) < 4.78 is 0. The standard InChI is InChI=1S/C11H16BrN/c1-2-8-13-9-11(12)10-6-4-3-5-7-10/h3-7,11,13H,2,8-9H2,1H3. The molecule has 0 aliphatic carbocycles. The topological polar surface area (TPSA) is 12.0 Å². The molecule has 72 valence electrons. The maximum Gasteiger partial charge on any atom is 0.0519 e. The Morgan fingerprint density at radius 3 is 2.62 bits per heavy atom. The lowest BCUT2D eigenvalue weighted by Crippen LogP contribution is -2.19. The van der Waals surface area contributed by atoms with Gasteiger partial charge < -0.3 is 5.32 Å². The molecule has 1 nitrogen and oxygen atoms in total. The van der Waals surface area contributed by atoms with Crippen molar-refractivity contribution in [1.29, 1.82) is 0 Å². The van der Waals surface area contributed by atoms with Crippen LogP contribution in [0.4, 0.5) is 0 Å². The molecule has 1 unspecified atom stereocenters. The largest absolute Gasteiger partial charge is 0.315 e. The van der Waals surface area contributed by atoms with Gasteiger partial charge in [-0.05, 0) is 18.5 Å². The van der Waals surface area contributed by atoms with Crippen molar-refractivity contribution in [3.63, 3.8) is 0 Å². The number of rotatable bonds is 5. The SMILES string of the molecule is CCCNCC(Br)c1ccccc1. The molecule has 1 aromatic rings. The van der Waals surface area contributed by atoms with Crippen LogP contribution in [0, 0.1) is 0 Å². The van der Waals surface area contributed by atoms with E-state index >= 15 is 0 Å². The third kappa shape index (κ3) is 3.92. The van der Waals surface area contributed by atoms with E-state index in [2.05, 4.69) is 52.4 Å². The van der Waals surface area contributed by atoms with Crippen LogP contribution in [-0.4, -0.2) is 13.1 Å². The quantitative estimate of drug-likeness (QED) is 0.618. The van der Waals surface area contributed by atoms with E-state index < -0.39 is 0 Å². The van der Waals surface area contributed by atoms with Crippen LogP contribution in [0.3, 0.4) is 0 Å². The van der Waals surface area contributed by atoms with Gasteiger partial charge in [0.2, 0.25) is 0 Å². The van der Waals surface area contributed by atoms with Crippen LogP contribution in [0.25, 0.3) is 0 Å². The second-order valence-electron chi connectivity index (χ2n) is 3.08. The van der Waals surface area contributed by atoms with Crippen LogP contribution in [0.15, 0.2) is 30.3 Å². The second-order valence-corrected chi connectivity index (χ2v) is 4.19. The lowest BCUT2D eigenvalue weighted by molar-refractivity contribution is 0.669. The van der Waals surface area contributed by atoms with Gasteiger partial charge in [0.05, 0.1) is 4.83 Å². The van der Waals surface area contributed by atoms with Crippen LogP contribution in [0.2, 0.25) is 0 Å². The Labute approximate surface area is 88.7 Å². The van der Waals surface area contributed by atoms with Crippen molar-refractivity contribution in [2.75, 3.05) is 13.1 Å². The minimum absolute atomic E-state index is 0.431. The van der Waals surface area contributed by atoms with E-state index in [1.807, 2.05) is 6.07 Å². The molecule has 1 N–H and O–H groups in total. The minimum Gasteiger partial charge on any atom is -0.315 e. The van der Waals surface area contributed by atoms with Crippen molar-refractivity contribution >= 4 is 15.9 Å². The lowest BCUT2D eigenvalue weighted by Gasteiger charge is -2.10. The van der Waals surface area contributed by atoms with Gasteiger partial charge >= 0.3 is 0 Å². The fourth-order valence-electron chi connectivity index (χ4n) is 1.19. The number of hydrogen-bond donors (Lipinski definition) is 1. The van der Waals surface area contributed by atoms with Crippen molar-refractivity contribution in [2.24, 2.45) is 0 Å². The summed E-state index contributed by atoms with van der Waals surface area (Å²) in [6.45, 7) is 4.27. The van der Waals surface area contributed by atoms with E-state index in [1.54, 1.807) is 0 Å². The fourth-order valence-corrected chi connectivity index (χ4v) is 1.72. The van der Waals surface area contributed by atoms with E-state index in [0.717, 1.165) is 13.1 Å². The molecule has 2 heteroatoms. The van der Waals surface area contributed by atoms with Crippen LogP contribution >= 0.6 is 15.9 Å². The highest BCUT2D eigenvalue weighted by Crippen LogP contribution is 2.20. The summed E-state index contributed by atoms with van der Waals surface area (Å²) in [6.07, 6.45) is 1.19. The molecule has 0 heterocycles. The second kappa shape index (κ2) is 6.17. The average Bonchev–Trinajstić information content (AvgIpc) is 2.19. The van der Waals surface area contributed by atoms with E-state index in [0.29, 0.717) is 4.83 Å². The zero-order chi connectivity index (χ0) is 9.52. The molecule has 0 aliphatic rings. The molecular weight excluding hydrogens is 226 g/mol. The summed E-state index contributed by atoms with van der Waals surface area (Å²) in [4.78, 5) is 0.431. The first-order valence-electron chi connectivity index (χ1n) is 4.74. The number of halogens is 1. The summed E-state index contributed by atoms with van der Waals surface area (Å²) in [5.41, 5.74) is 1.34. The molecule has 0 radical (unpaired) electrons. The highest BCUT2D eigenvalue weighted by atomic mass is 79.9. The first-order chi connectivity index (χ1) is 6.34. The van der Waals surface area contributed by atoms with Gasteiger partial charge in [-0.1, -0.05) is 53.2 Å². The normalized spacial score (nSPS) is 12.8. The molecule has 0 saturated heterocycles. The molecule has 0 spiro atoms. The first-order valence-corrected chi connectivity index (χ1v) is 5.66. The highest BCUT2D eigenvalue weighted by Gasteiger charge is 2.04. The first kappa shape index (κ1) is 10.7. The Morgan fingerprint density at radius 1 is 1.31 bits per heavy atom. The van der Waals surface area contributed by atoms with Gasteiger partial charge in [-0.15, -0.1) is 0 Å². The molecular formula is C11H16BrN. The van der Waals surface area contributed by atoms with E-state index in [1.165, 1.54) is 12.0 Å². The molecule has 0 bridgehead atoms. The minimum atomic E-state index is 0.431. The van der Waals surface area contributed by atoms with Gasteiger partial charge in [0.15, 0.2) is 0 Å². The number of alkyl halides is 1. The van der Waals surface area contributed by atoms with Gasteiger partial charge in [-0.3, -0.25) is 0 Å². The zero-order valence-electron chi connectivity index (χ0n) is 7.96. The van der Waals surface area contributed by atoms with Crippen molar-refractivity contribution in [3.05, 3.63) is 35.9 Å². The van der Waals surface area contributed by atoms with Gasteiger partial charge in [-0.2, -0.15) is 0 Å². The van der Waals surface area contributed by atoms with E-state index in [4.69, 9.17) is 0 Å². The molecule has 0 saturated carbocycles. The Hall–Kier alpha value is -0.340. The fraction of sp³-hybridized carbons (Fsp3) is 0.455. The van der Waals surface area contributed by atoms with Crippen molar-refractivity contribution in [3.8, 4) is 0 Å². The summed E-state index contributed by atoms with van der Waals surface area (Å²) in [7, 11) is 0. The summed E-state index contributed by atoms with van der Waals surface area (Å²) in [5, 5.41) is 3.39. The maximum atomic E-state index is 3.65. The Morgan fingerprint density at radius 2 is 2.00 bits per heavy atom.